The maximum atomic E-state index is 6.62. The van der Waals surface area contributed by atoms with E-state index in [1.807, 2.05) is 18.5 Å². The predicted molar refractivity (Wildman–Crippen MR) is 91.1 cm³/mol. The summed E-state index contributed by atoms with van der Waals surface area (Å²) in [7, 11) is 0. The van der Waals surface area contributed by atoms with Crippen molar-refractivity contribution in [1.82, 2.24) is 9.97 Å². The number of nitrogens with zero attached hydrogens (tertiary/aromatic N) is 2. The van der Waals surface area contributed by atoms with Gasteiger partial charge in [-0.1, -0.05) is 36.4 Å². The van der Waals surface area contributed by atoms with E-state index < -0.39 is 0 Å². The number of nitrogen functional groups attached to an aromatic ring is 1. The Morgan fingerprint density at radius 3 is 2.43 bits per heavy atom. The standard InChI is InChI=1S/C20H17N3/c21-18-16-12-13-4-1-2-5-14(13)15(16)6-7-17(18)20(8-9-20)19-22-10-3-11-23-19/h1-7,10-11H,8-9,12,21H2. The van der Waals surface area contributed by atoms with Crippen molar-refractivity contribution in [3.8, 4) is 11.1 Å². The Bertz CT molecular complexity index is 911. The molecule has 1 aromatic heterocycles. The Kier molecular flexibility index (Phi) is 2.46. The molecular formula is C20H17N3. The van der Waals surface area contributed by atoms with Crippen molar-refractivity contribution in [2.75, 3.05) is 5.73 Å². The summed E-state index contributed by atoms with van der Waals surface area (Å²) in [4.78, 5) is 8.99. The molecule has 0 bridgehead atoms. The van der Waals surface area contributed by atoms with Gasteiger partial charge in [-0.2, -0.15) is 0 Å². The van der Waals surface area contributed by atoms with Crippen molar-refractivity contribution in [2.24, 2.45) is 0 Å². The van der Waals surface area contributed by atoms with E-state index in [4.69, 9.17) is 5.73 Å². The SMILES string of the molecule is Nc1c(C2(c3ncccn3)CC2)ccc2c1Cc1ccccc1-2. The van der Waals surface area contributed by atoms with Crippen molar-refractivity contribution in [2.45, 2.75) is 24.7 Å². The van der Waals surface area contributed by atoms with Gasteiger partial charge in [0, 0.05) is 24.5 Å². The molecule has 23 heavy (non-hydrogen) atoms. The van der Waals surface area contributed by atoms with Crippen molar-refractivity contribution in [3.05, 3.63) is 77.4 Å². The highest BCUT2D eigenvalue weighted by atomic mass is 14.9. The van der Waals surface area contributed by atoms with Gasteiger partial charge in [0.05, 0.1) is 5.41 Å². The number of hydrogen-bond acceptors (Lipinski definition) is 3. The summed E-state index contributed by atoms with van der Waals surface area (Å²) in [6, 6.07) is 14.9. The topological polar surface area (TPSA) is 51.8 Å². The molecule has 3 heteroatoms. The average Bonchev–Trinajstić information content (AvgIpc) is 3.31. The van der Waals surface area contributed by atoms with Crippen LogP contribution in [0.15, 0.2) is 54.9 Å². The zero-order valence-corrected chi connectivity index (χ0v) is 12.8. The van der Waals surface area contributed by atoms with Gasteiger partial charge in [-0.3, -0.25) is 0 Å². The Labute approximate surface area is 135 Å². The minimum atomic E-state index is -0.0743. The van der Waals surface area contributed by atoms with Crippen molar-refractivity contribution in [1.29, 1.82) is 0 Å². The predicted octanol–water partition coefficient (Wildman–Crippen LogP) is 3.71. The van der Waals surface area contributed by atoms with Crippen LogP contribution in [-0.4, -0.2) is 9.97 Å². The molecule has 0 atom stereocenters. The maximum Gasteiger partial charge on any atom is 0.138 e. The normalized spacial score (nSPS) is 16.7. The summed E-state index contributed by atoms with van der Waals surface area (Å²) in [5.74, 6) is 0.905. The molecule has 2 aromatic carbocycles. The molecule has 0 amide bonds. The third kappa shape index (κ3) is 1.70. The number of anilines is 1. The lowest BCUT2D eigenvalue weighted by Gasteiger charge is -2.19. The molecule has 0 radical (unpaired) electrons. The van der Waals surface area contributed by atoms with Crippen molar-refractivity contribution in [3.63, 3.8) is 0 Å². The summed E-state index contributed by atoms with van der Waals surface area (Å²) >= 11 is 0. The second-order valence-corrected chi connectivity index (χ2v) is 6.54. The van der Waals surface area contributed by atoms with Crippen LogP contribution in [0, 0.1) is 0 Å². The highest BCUT2D eigenvalue weighted by molar-refractivity contribution is 5.83. The van der Waals surface area contributed by atoms with Crippen LogP contribution in [-0.2, 0) is 11.8 Å². The van der Waals surface area contributed by atoms with Gasteiger partial charge < -0.3 is 5.73 Å². The van der Waals surface area contributed by atoms with E-state index >= 15 is 0 Å². The quantitative estimate of drug-likeness (QED) is 0.574. The fourth-order valence-corrected chi connectivity index (χ4v) is 3.94. The fraction of sp³-hybridized carbons (Fsp3) is 0.200. The molecule has 3 nitrogen and oxygen atoms in total. The maximum absolute atomic E-state index is 6.62. The molecule has 0 spiro atoms. The van der Waals surface area contributed by atoms with Crippen LogP contribution in [0.3, 0.4) is 0 Å². The largest absolute Gasteiger partial charge is 0.398 e. The van der Waals surface area contributed by atoms with E-state index in [-0.39, 0.29) is 5.41 Å². The van der Waals surface area contributed by atoms with Crippen molar-refractivity contribution < 1.29 is 0 Å². The van der Waals surface area contributed by atoms with Crippen LogP contribution >= 0.6 is 0 Å². The van der Waals surface area contributed by atoms with Gasteiger partial charge in [0.2, 0.25) is 0 Å². The Balaban J connectivity index is 1.67. The molecule has 3 aromatic rings. The molecule has 0 unspecified atom stereocenters. The zero-order valence-electron chi connectivity index (χ0n) is 12.8. The van der Waals surface area contributed by atoms with Gasteiger partial charge in [0.25, 0.3) is 0 Å². The number of rotatable bonds is 2. The van der Waals surface area contributed by atoms with Crippen LogP contribution < -0.4 is 5.73 Å². The molecule has 1 heterocycles. The van der Waals surface area contributed by atoms with E-state index in [1.165, 1.54) is 27.8 Å². The first-order valence-corrected chi connectivity index (χ1v) is 8.07. The molecule has 2 N–H and O–H groups in total. The summed E-state index contributed by atoms with van der Waals surface area (Å²) in [6.07, 6.45) is 6.72. The second kappa shape index (κ2) is 4.42. The number of aromatic nitrogens is 2. The van der Waals surface area contributed by atoms with Crippen LogP contribution in [0.1, 0.15) is 35.4 Å². The van der Waals surface area contributed by atoms with Gasteiger partial charge in [-0.05, 0) is 46.7 Å². The lowest BCUT2D eigenvalue weighted by molar-refractivity contribution is 0.756. The molecule has 1 saturated carbocycles. The van der Waals surface area contributed by atoms with E-state index in [0.717, 1.165) is 30.8 Å². The molecule has 2 aliphatic carbocycles. The van der Waals surface area contributed by atoms with Gasteiger partial charge >= 0.3 is 0 Å². The highest BCUT2D eigenvalue weighted by Gasteiger charge is 2.50. The summed E-state index contributed by atoms with van der Waals surface area (Å²) in [5.41, 5.74) is 13.9. The summed E-state index contributed by atoms with van der Waals surface area (Å²) in [6.45, 7) is 0. The Morgan fingerprint density at radius 2 is 1.65 bits per heavy atom. The van der Waals surface area contributed by atoms with Gasteiger partial charge in [-0.25, -0.2) is 9.97 Å². The number of hydrogen-bond donors (Lipinski definition) is 1. The molecule has 0 aliphatic heterocycles. The van der Waals surface area contributed by atoms with Gasteiger partial charge in [0.1, 0.15) is 5.82 Å². The van der Waals surface area contributed by atoms with E-state index in [0.29, 0.717) is 0 Å². The number of benzene rings is 2. The molecule has 112 valence electrons. The lowest BCUT2D eigenvalue weighted by Crippen LogP contribution is -2.16. The first-order chi connectivity index (χ1) is 11.3. The van der Waals surface area contributed by atoms with Crippen LogP contribution in [0.2, 0.25) is 0 Å². The zero-order chi connectivity index (χ0) is 15.4. The van der Waals surface area contributed by atoms with Crippen molar-refractivity contribution >= 4 is 5.69 Å². The minimum Gasteiger partial charge on any atom is -0.398 e. The molecular weight excluding hydrogens is 282 g/mol. The van der Waals surface area contributed by atoms with Gasteiger partial charge in [0.15, 0.2) is 0 Å². The summed E-state index contributed by atoms with van der Waals surface area (Å²) in [5, 5.41) is 0. The Morgan fingerprint density at radius 1 is 0.870 bits per heavy atom. The fourth-order valence-electron chi connectivity index (χ4n) is 3.94. The first kappa shape index (κ1) is 12.8. The molecule has 2 aliphatic rings. The number of nitrogens with two attached hydrogens (primary N) is 1. The molecule has 0 saturated heterocycles. The van der Waals surface area contributed by atoms with Crippen LogP contribution in [0.4, 0.5) is 5.69 Å². The van der Waals surface area contributed by atoms with E-state index in [2.05, 4.69) is 46.4 Å². The Hall–Kier alpha value is -2.68. The van der Waals surface area contributed by atoms with Gasteiger partial charge in [-0.15, -0.1) is 0 Å². The monoisotopic (exact) mass is 299 g/mol. The smallest absolute Gasteiger partial charge is 0.138 e. The van der Waals surface area contributed by atoms with Crippen LogP contribution in [0.25, 0.3) is 11.1 Å². The average molecular weight is 299 g/mol. The molecule has 5 rings (SSSR count). The third-order valence-corrected chi connectivity index (χ3v) is 5.29. The van der Waals surface area contributed by atoms with E-state index in [9.17, 15) is 0 Å². The minimum absolute atomic E-state index is 0.0743. The van der Waals surface area contributed by atoms with Crippen LogP contribution in [0.5, 0.6) is 0 Å². The number of fused-ring (bicyclic) bond motifs is 3. The third-order valence-electron chi connectivity index (χ3n) is 5.29. The molecule has 1 fully saturated rings. The first-order valence-electron chi connectivity index (χ1n) is 8.07. The summed E-state index contributed by atoms with van der Waals surface area (Å²) < 4.78 is 0. The lowest BCUT2D eigenvalue weighted by atomic mass is 9.89. The highest BCUT2D eigenvalue weighted by Crippen LogP contribution is 2.55. The van der Waals surface area contributed by atoms with E-state index in [1.54, 1.807) is 0 Å². The second-order valence-electron chi connectivity index (χ2n) is 6.54.